The van der Waals surface area contributed by atoms with Gasteiger partial charge in [-0.05, 0) is 24.1 Å². The van der Waals surface area contributed by atoms with E-state index in [0.29, 0.717) is 12.1 Å². The van der Waals surface area contributed by atoms with Gasteiger partial charge in [0.15, 0.2) is 0 Å². The van der Waals surface area contributed by atoms with Gasteiger partial charge in [-0.25, -0.2) is 9.37 Å². The summed E-state index contributed by atoms with van der Waals surface area (Å²) in [4.78, 5) is 4.62. The predicted octanol–water partition coefficient (Wildman–Crippen LogP) is 4.41. The highest BCUT2D eigenvalue weighted by Crippen LogP contribution is 2.24. The molecule has 2 N–H and O–H groups in total. The molecule has 0 spiro atoms. The highest BCUT2D eigenvalue weighted by molar-refractivity contribution is 5.76. The summed E-state index contributed by atoms with van der Waals surface area (Å²) in [6.07, 6.45) is 3.04. The molecule has 0 saturated heterocycles. The fraction of sp³-hybridized carbons (Fsp3) is 0.316. The monoisotopic (exact) mass is 311 g/mol. The minimum absolute atomic E-state index is 0.130. The van der Waals surface area contributed by atoms with Gasteiger partial charge in [-0.15, -0.1) is 0 Å². The molecule has 2 aromatic carbocycles. The van der Waals surface area contributed by atoms with Crippen molar-refractivity contribution in [1.82, 2.24) is 9.55 Å². The molecular weight excluding hydrogens is 289 g/mol. The van der Waals surface area contributed by atoms with Crippen LogP contribution in [-0.2, 0) is 6.54 Å². The van der Waals surface area contributed by atoms with Crippen molar-refractivity contribution in [3.8, 4) is 0 Å². The Morgan fingerprint density at radius 3 is 2.70 bits per heavy atom. The lowest BCUT2D eigenvalue weighted by molar-refractivity contribution is 0.552. The Hall–Kier alpha value is -2.20. The van der Waals surface area contributed by atoms with Gasteiger partial charge in [0.05, 0.1) is 17.1 Å². The van der Waals surface area contributed by atoms with E-state index in [-0.39, 0.29) is 11.9 Å². The summed E-state index contributed by atoms with van der Waals surface area (Å²) in [5, 5.41) is 0. The van der Waals surface area contributed by atoms with Gasteiger partial charge in [0, 0.05) is 12.6 Å². The molecule has 0 saturated carbocycles. The van der Waals surface area contributed by atoms with Crippen molar-refractivity contribution in [3.63, 3.8) is 0 Å². The Labute approximate surface area is 136 Å². The van der Waals surface area contributed by atoms with Crippen molar-refractivity contribution in [3.05, 3.63) is 65.7 Å². The lowest BCUT2D eigenvalue weighted by atomic mass is 10.1. The molecule has 120 valence electrons. The SMILES string of the molecule is CCCCC(N)c1nc2cc(F)ccc2n1Cc1ccccc1. The fourth-order valence-electron chi connectivity index (χ4n) is 2.89. The number of hydrogen-bond donors (Lipinski definition) is 1. The molecule has 0 aliphatic carbocycles. The fourth-order valence-corrected chi connectivity index (χ4v) is 2.89. The number of unbranched alkanes of at least 4 members (excludes halogenated alkanes) is 1. The van der Waals surface area contributed by atoms with Crippen LogP contribution in [0.2, 0.25) is 0 Å². The first-order valence-electron chi connectivity index (χ1n) is 8.14. The highest BCUT2D eigenvalue weighted by Gasteiger charge is 2.17. The van der Waals surface area contributed by atoms with E-state index in [1.54, 1.807) is 6.07 Å². The smallest absolute Gasteiger partial charge is 0.127 e. The standard InChI is InChI=1S/C19H22FN3/c1-2-3-9-16(21)19-22-17-12-15(20)10-11-18(17)23(19)13-14-7-5-4-6-8-14/h4-8,10-12,16H,2-3,9,13,21H2,1H3. The zero-order valence-corrected chi connectivity index (χ0v) is 13.4. The topological polar surface area (TPSA) is 43.8 Å². The number of fused-ring (bicyclic) bond motifs is 1. The maximum atomic E-state index is 13.5. The van der Waals surface area contributed by atoms with Crippen molar-refractivity contribution in [2.24, 2.45) is 5.73 Å². The molecular formula is C19H22FN3. The third-order valence-electron chi connectivity index (χ3n) is 4.12. The Bertz CT molecular complexity index is 780. The second kappa shape index (κ2) is 6.92. The first-order chi connectivity index (χ1) is 11.2. The first kappa shape index (κ1) is 15.7. The van der Waals surface area contributed by atoms with Crippen LogP contribution in [0.3, 0.4) is 0 Å². The molecule has 0 amide bonds. The van der Waals surface area contributed by atoms with E-state index in [1.807, 2.05) is 18.2 Å². The molecule has 0 aliphatic heterocycles. The number of aromatic nitrogens is 2. The van der Waals surface area contributed by atoms with E-state index < -0.39 is 0 Å². The van der Waals surface area contributed by atoms with Gasteiger partial charge in [-0.3, -0.25) is 0 Å². The lowest BCUT2D eigenvalue weighted by Gasteiger charge is -2.14. The van der Waals surface area contributed by atoms with E-state index in [9.17, 15) is 4.39 Å². The van der Waals surface area contributed by atoms with E-state index in [0.717, 1.165) is 30.6 Å². The number of rotatable bonds is 6. The van der Waals surface area contributed by atoms with Gasteiger partial charge in [-0.1, -0.05) is 50.1 Å². The van der Waals surface area contributed by atoms with E-state index in [1.165, 1.54) is 17.7 Å². The van der Waals surface area contributed by atoms with Crippen LogP contribution in [0.25, 0.3) is 11.0 Å². The maximum absolute atomic E-state index is 13.5. The average Bonchev–Trinajstić information content (AvgIpc) is 2.91. The number of hydrogen-bond acceptors (Lipinski definition) is 2. The highest BCUT2D eigenvalue weighted by atomic mass is 19.1. The summed E-state index contributed by atoms with van der Waals surface area (Å²) < 4.78 is 15.6. The molecule has 3 nitrogen and oxygen atoms in total. The summed E-state index contributed by atoms with van der Waals surface area (Å²) >= 11 is 0. The van der Waals surface area contributed by atoms with E-state index in [4.69, 9.17) is 5.73 Å². The molecule has 23 heavy (non-hydrogen) atoms. The second-order valence-electron chi connectivity index (χ2n) is 5.92. The van der Waals surface area contributed by atoms with Gasteiger partial charge in [0.2, 0.25) is 0 Å². The summed E-state index contributed by atoms with van der Waals surface area (Å²) in [6.45, 7) is 2.84. The molecule has 1 aromatic heterocycles. The molecule has 0 radical (unpaired) electrons. The lowest BCUT2D eigenvalue weighted by Crippen LogP contribution is -2.17. The van der Waals surface area contributed by atoms with Crippen LogP contribution in [0.4, 0.5) is 4.39 Å². The predicted molar refractivity (Wildman–Crippen MR) is 91.7 cm³/mol. The third kappa shape index (κ3) is 3.42. The number of imidazole rings is 1. The van der Waals surface area contributed by atoms with Crippen molar-refractivity contribution in [1.29, 1.82) is 0 Å². The molecule has 1 unspecified atom stereocenters. The molecule has 0 bridgehead atoms. The van der Waals surface area contributed by atoms with Crippen LogP contribution < -0.4 is 5.73 Å². The first-order valence-corrected chi connectivity index (χ1v) is 8.14. The minimum Gasteiger partial charge on any atom is -0.322 e. The van der Waals surface area contributed by atoms with Gasteiger partial charge in [0.1, 0.15) is 11.6 Å². The summed E-state index contributed by atoms with van der Waals surface area (Å²) in [5.41, 5.74) is 9.14. The van der Waals surface area contributed by atoms with E-state index in [2.05, 4.69) is 28.6 Å². The van der Waals surface area contributed by atoms with Crippen LogP contribution in [0.5, 0.6) is 0 Å². The molecule has 3 rings (SSSR count). The Morgan fingerprint density at radius 2 is 1.96 bits per heavy atom. The van der Waals surface area contributed by atoms with Gasteiger partial charge >= 0.3 is 0 Å². The second-order valence-corrected chi connectivity index (χ2v) is 5.92. The minimum atomic E-state index is -0.268. The summed E-state index contributed by atoms with van der Waals surface area (Å²) in [6, 6.07) is 14.8. The Morgan fingerprint density at radius 1 is 1.17 bits per heavy atom. The normalized spacial score (nSPS) is 12.7. The molecule has 1 atom stereocenters. The maximum Gasteiger partial charge on any atom is 0.127 e. The van der Waals surface area contributed by atoms with E-state index >= 15 is 0 Å². The van der Waals surface area contributed by atoms with Gasteiger partial charge < -0.3 is 10.3 Å². The summed E-state index contributed by atoms with van der Waals surface area (Å²) in [5.74, 6) is 0.568. The van der Waals surface area contributed by atoms with Crippen molar-refractivity contribution in [2.75, 3.05) is 0 Å². The zero-order chi connectivity index (χ0) is 16.2. The Kier molecular flexibility index (Phi) is 4.72. The number of nitrogens with two attached hydrogens (primary N) is 1. The quantitative estimate of drug-likeness (QED) is 0.732. The molecule has 0 aliphatic rings. The van der Waals surface area contributed by atoms with Crippen molar-refractivity contribution >= 4 is 11.0 Å². The Balaban J connectivity index is 2.04. The van der Waals surface area contributed by atoms with Crippen LogP contribution in [0, 0.1) is 5.82 Å². The van der Waals surface area contributed by atoms with Gasteiger partial charge in [-0.2, -0.15) is 0 Å². The number of nitrogens with zero attached hydrogens (tertiary/aromatic N) is 2. The summed E-state index contributed by atoms with van der Waals surface area (Å²) in [7, 11) is 0. The molecule has 3 aromatic rings. The number of benzene rings is 2. The van der Waals surface area contributed by atoms with Crippen LogP contribution in [-0.4, -0.2) is 9.55 Å². The molecule has 0 fully saturated rings. The number of halogens is 1. The van der Waals surface area contributed by atoms with Crippen LogP contribution in [0.1, 0.15) is 43.6 Å². The average molecular weight is 311 g/mol. The van der Waals surface area contributed by atoms with Crippen LogP contribution in [0.15, 0.2) is 48.5 Å². The molecule has 4 heteroatoms. The van der Waals surface area contributed by atoms with Gasteiger partial charge in [0.25, 0.3) is 0 Å². The molecule has 1 heterocycles. The van der Waals surface area contributed by atoms with Crippen LogP contribution >= 0.6 is 0 Å². The largest absolute Gasteiger partial charge is 0.322 e. The third-order valence-corrected chi connectivity index (χ3v) is 4.12. The van der Waals surface area contributed by atoms with Crippen molar-refractivity contribution in [2.45, 2.75) is 38.8 Å². The van der Waals surface area contributed by atoms with Crippen molar-refractivity contribution < 1.29 is 4.39 Å². The zero-order valence-electron chi connectivity index (χ0n) is 13.4.